The Morgan fingerprint density at radius 1 is 0.821 bits per heavy atom. The summed E-state index contributed by atoms with van der Waals surface area (Å²) < 4.78 is 0. The smallest absolute Gasteiger partial charge is 0.271 e. The van der Waals surface area contributed by atoms with Gasteiger partial charge in [0.2, 0.25) is 0 Å². The number of anilines is 2. The summed E-state index contributed by atoms with van der Waals surface area (Å²) >= 11 is 0. The monoisotopic (exact) mass is 375 g/mol. The van der Waals surface area contributed by atoms with Gasteiger partial charge in [0, 0.05) is 34.6 Å². The molecule has 140 valence electrons. The Hall–Kier alpha value is -4.00. The summed E-state index contributed by atoms with van der Waals surface area (Å²) in [5.74, 6) is -0.712. The van der Waals surface area contributed by atoms with Crippen LogP contribution in [-0.4, -0.2) is 16.7 Å². The molecule has 0 spiro atoms. The lowest BCUT2D eigenvalue weighted by Gasteiger charge is -2.11. The highest BCUT2D eigenvalue weighted by molar-refractivity contribution is 6.07. The molecule has 0 aliphatic rings. The highest BCUT2D eigenvalue weighted by Crippen LogP contribution is 2.21. The molecule has 0 heterocycles. The fraction of sp³-hybridized carbons (Fsp3) is 0.0476. The summed E-state index contributed by atoms with van der Waals surface area (Å²) in [5, 5.41) is 16.3. The molecule has 3 aromatic rings. The Labute approximate surface area is 161 Å². The van der Waals surface area contributed by atoms with Crippen LogP contribution in [0.3, 0.4) is 0 Å². The Balaban J connectivity index is 1.78. The molecule has 0 saturated heterocycles. The summed E-state index contributed by atoms with van der Waals surface area (Å²) in [6.07, 6.45) is 0. The number of rotatable bonds is 5. The van der Waals surface area contributed by atoms with Gasteiger partial charge in [-0.15, -0.1) is 0 Å². The maximum atomic E-state index is 12.5. The van der Waals surface area contributed by atoms with E-state index in [1.54, 1.807) is 48.5 Å². The number of carbonyl (C=O) groups excluding carboxylic acids is 2. The molecule has 7 nitrogen and oxygen atoms in total. The van der Waals surface area contributed by atoms with E-state index in [9.17, 15) is 19.7 Å². The molecule has 0 atom stereocenters. The summed E-state index contributed by atoms with van der Waals surface area (Å²) in [6, 6.07) is 19.4. The highest BCUT2D eigenvalue weighted by atomic mass is 16.6. The second kappa shape index (κ2) is 8.13. The minimum absolute atomic E-state index is 0.113. The second-order valence-corrected chi connectivity index (χ2v) is 6.11. The molecule has 2 amide bonds. The van der Waals surface area contributed by atoms with Crippen LogP contribution in [0.2, 0.25) is 0 Å². The van der Waals surface area contributed by atoms with Crippen molar-refractivity contribution in [3.05, 3.63) is 99.6 Å². The van der Waals surface area contributed by atoms with Gasteiger partial charge in [0.1, 0.15) is 0 Å². The topological polar surface area (TPSA) is 101 Å². The van der Waals surface area contributed by atoms with E-state index in [1.165, 1.54) is 18.2 Å². The molecule has 0 fully saturated rings. The van der Waals surface area contributed by atoms with Crippen molar-refractivity contribution < 1.29 is 14.5 Å². The van der Waals surface area contributed by atoms with Crippen LogP contribution in [0.4, 0.5) is 17.1 Å². The molecule has 0 radical (unpaired) electrons. The van der Waals surface area contributed by atoms with Crippen LogP contribution in [0.15, 0.2) is 72.8 Å². The van der Waals surface area contributed by atoms with Gasteiger partial charge in [-0.3, -0.25) is 19.7 Å². The molecule has 28 heavy (non-hydrogen) atoms. The highest BCUT2D eigenvalue weighted by Gasteiger charge is 2.13. The number of hydrogen-bond donors (Lipinski definition) is 2. The van der Waals surface area contributed by atoms with Crippen molar-refractivity contribution in [1.82, 2.24) is 0 Å². The van der Waals surface area contributed by atoms with Crippen LogP contribution in [0.25, 0.3) is 0 Å². The third kappa shape index (κ3) is 4.39. The normalized spacial score (nSPS) is 10.2. The summed E-state index contributed by atoms with van der Waals surface area (Å²) in [6.45, 7) is 1.82. The first-order chi connectivity index (χ1) is 13.4. The molecule has 0 aliphatic heterocycles. The second-order valence-electron chi connectivity index (χ2n) is 6.11. The van der Waals surface area contributed by atoms with Crippen molar-refractivity contribution in [2.24, 2.45) is 0 Å². The summed E-state index contributed by atoms with van der Waals surface area (Å²) in [5.41, 5.74) is 2.35. The van der Waals surface area contributed by atoms with Crippen LogP contribution < -0.4 is 10.6 Å². The van der Waals surface area contributed by atoms with Crippen molar-refractivity contribution in [2.75, 3.05) is 10.6 Å². The molecular weight excluding hydrogens is 358 g/mol. The third-order valence-corrected chi connectivity index (χ3v) is 4.10. The minimum Gasteiger partial charge on any atom is -0.322 e. The van der Waals surface area contributed by atoms with Gasteiger partial charge < -0.3 is 10.6 Å². The third-order valence-electron chi connectivity index (χ3n) is 4.10. The van der Waals surface area contributed by atoms with Gasteiger partial charge in [0.15, 0.2) is 0 Å². The van der Waals surface area contributed by atoms with Crippen molar-refractivity contribution >= 4 is 28.9 Å². The lowest BCUT2D eigenvalue weighted by Crippen LogP contribution is -2.15. The van der Waals surface area contributed by atoms with Crippen LogP contribution in [0.1, 0.15) is 26.3 Å². The number of aryl methyl sites for hydroxylation is 1. The molecule has 2 N–H and O–H groups in total. The lowest BCUT2D eigenvalue weighted by molar-refractivity contribution is -0.384. The van der Waals surface area contributed by atoms with E-state index in [0.29, 0.717) is 22.5 Å². The number of non-ortho nitro benzene ring substituents is 1. The molecule has 0 aromatic heterocycles. The Morgan fingerprint density at radius 2 is 1.54 bits per heavy atom. The number of nitrogens with one attached hydrogen (secondary N) is 2. The maximum absolute atomic E-state index is 12.5. The van der Waals surface area contributed by atoms with Crippen LogP contribution in [0, 0.1) is 17.0 Å². The van der Waals surface area contributed by atoms with E-state index in [2.05, 4.69) is 10.6 Å². The van der Waals surface area contributed by atoms with Gasteiger partial charge in [-0.1, -0.05) is 30.3 Å². The van der Waals surface area contributed by atoms with Crippen molar-refractivity contribution in [1.29, 1.82) is 0 Å². The van der Waals surface area contributed by atoms with E-state index < -0.39 is 10.8 Å². The van der Waals surface area contributed by atoms with Gasteiger partial charge in [-0.2, -0.15) is 0 Å². The first-order valence-electron chi connectivity index (χ1n) is 8.47. The number of nitro benzene ring substituents is 1. The first-order valence-corrected chi connectivity index (χ1v) is 8.47. The molecule has 3 aromatic carbocycles. The zero-order valence-corrected chi connectivity index (χ0v) is 15.0. The van der Waals surface area contributed by atoms with E-state index in [1.807, 2.05) is 13.0 Å². The number of hydrogen-bond acceptors (Lipinski definition) is 4. The standard InChI is InChI=1S/C21H17N3O4/c1-14-10-11-16(12-19(14)23-20(25)15-6-3-2-4-7-15)21(26)22-17-8-5-9-18(13-17)24(27)28/h2-13H,1H3,(H,22,26)(H,23,25). The van der Waals surface area contributed by atoms with Gasteiger partial charge in [-0.05, 0) is 42.8 Å². The zero-order chi connectivity index (χ0) is 20.1. The van der Waals surface area contributed by atoms with Gasteiger partial charge in [-0.25, -0.2) is 0 Å². The van der Waals surface area contributed by atoms with E-state index in [-0.39, 0.29) is 11.6 Å². The largest absolute Gasteiger partial charge is 0.322 e. The molecule has 0 bridgehead atoms. The first kappa shape index (κ1) is 18.8. The number of amides is 2. The molecule has 0 unspecified atom stereocenters. The van der Waals surface area contributed by atoms with Crippen molar-refractivity contribution in [2.45, 2.75) is 6.92 Å². The van der Waals surface area contributed by atoms with Crippen molar-refractivity contribution in [3.63, 3.8) is 0 Å². The molecule has 3 rings (SSSR count). The summed E-state index contributed by atoms with van der Waals surface area (Å²) in [4.78, 5) is 35.2. The van der Waals surface area contributed by atoms with E-state index in [0.717, 1.165) is 5.56 Å². The predicted molar refractivity (Wildman–Crippen MR) is 107 cm³/mol. The molecule has 7 heteroatoms. The average Bonchev–Trinajstić information content (AvgIpc) is 2.70. The SMILES string of the molecule is Cc1ccc(C(=O)Nc2cccc([N+](=O)[O-])c2)cc1NC(=O)c1ccccc1. The molecule has 0 saturated carbocycles. The van der Waals surface area contributed by atoms with Gasteiger partial charge >= 0.3 is 0 Å². The van der Waals surface area contributed by atoms with Crippen LogP contribution >= 0.6 is 0 Å². The molecule has 0 aliphatic carbocycles. The Kier molecular flexibility index (Phi) is 5.45. The van der Waals surface area contributed by atoms with Gasteiger partial charge in [0.25, 0.3) is 17.5 Å². The number of nitrogens with zero attached hydrogens (tertiary/aromatic N) is 1. The van der Waals surface area contributed by atoms with Crippen molar-refractivity contribution in [3.8, 4) is 0 Å². The summed E-state index contributed by atoms with van der Waals surface area (Å²) in [7, 11) is 0. The Morgan fingerprint density at radius 3 is 2.25 bits per heavy atom. The lowest BCUT2D eigenvalue weighted by atomic mass is 10.1. The van der Waals surface area contributed by atoms with E-state index >= 15 is 0 Å². The Bertz CT molecular complexity index is 1050. The maximum Gasteiger partial charge on any atom is 0.271 e. The predicted octanol–water partition coefficient (Wildman–Crippen LogP) is 4.41. The fourth-order valence-electron chi connectivity index (χ4n) is 2.58. The minimum atomic E-state index is -0.529. The van der Waals surface area contributed by atoms with Crippen LogP contribution in [0.5, 0.6) is 0 Å². The number of benzene rings is 3. The number of nitro groups is 1. The quantitative estimate of drug-likeness (QED) is 0.509. The average molecular weight is 375 g/mol. The van der Waals surface area contributed by atoms with Crippen LogP contribution in [-0.2, 0) is 0 Å². The fourth-order valence-corrected chi connectivity index (χ4v) is 2.58. The van der Waals surface area contributed by atoms with E-state index in [4.69, 9.17) is 0 Å². The van der Waals surface area contributed by atoms with Gasteiger partial charge in [0.05, 0.1) is 4.92 Å². The number of carbonyl (C=O) groups is 2. The zero-order valence-electron chi connectivity index (χ0n) is 15.0. The molecular formula is C21H17N3O4.